The van der Waals surface area contributed by atoms with Crippen LogP contribution in [0.1, 0.15) is 27.9 Å². The van der Waals surface area contributed by atoms with Crippen LogP contribution in [-0.4, -0.2) is 5.78 Å². The lowest BCUT2D eigenvalue weighted by Crippen LogP contribution is -2.13. The number of carbonyl (C=O) groups is 1. The molecule has 0 amide bonds. The molecule has 0 atom stereocenters. The van der Waals surface area contributed by atoms with E-state index in [4.69, 9.17) is 0 Å². The molecule has 0 spiro atoms. The molecular weight excluding hydrogens is 292 g/mol. The van der Waals surface area contributed by atoms with Crippen LogP contribution in [0.15, 0.2) is 84.4 Å². The van der Waals surface area contributed by atoms with Gasteiger partial charge in [0.15, 0.2) is 5.78 Å². The number of rotatable bonds is 2. The zero-order valence-corrected chi connectivity index (χ0v) is 13.4. The molecule has 0 saturated heterocycles. The van der Waals surface area contributed by atoms with E-state index in [2.05, 4.69) is 42.5 Å². The maximum atomic E-state index is 12.6. The van der Waals surface area contributed by atoms with Crippen molar-refractivity contribution in [2.75, 3.05) is 0 Å². The summed E-state index contributed by atoms with van der Waals surface area (Å²) in [5.74, 6) is 0.170. The Morgan fingerprint density at radius 3 is 2.12 bits per heavy atom. The third kappa shape index (κ3) is 2.81. The Hall–Kier alpha value is -2.93. The van der Waals surface area contributed by atoms with Crippen molar-refractivity contribution in [2.24, 2.45) is 0 Å². The molecule has 0 aliphatic heterocycles. The van der Waals surface area contributed by atoms with Crippen molar-refractivity contribution in [3.05, 3.63) is 101 Å². The van der Waals surface area contributed by atoms with Gasteiger partial charge in [0.1, 0.15) is 0 Å². The number of allylic oxidation sites excluding steroid dienone is 1. The number of Topliss-reactive ketones (excluding diaryl/α,β-unsaturated/α-hetero) is 1. The average molecular weight is 310 g/mol. The molecule has 3 aromatic carbocycles. The summed E-state index contributed by atoms with van der Waals surface area (Å²) < 4.78 is 0. The molecule has 0 radical (unpaired) electrons. The lowest BCUT2D eigenvalue weighted by molar-refractivity contribution is 0.102. The molecule has 3 aromatic rings. The van der Waals surface area contributed by atoms with Crippen molar-refractivity contribution in [2.45, 2.75) is 12.8 Å². The van der Waals surface area contributed by atoms with E-state index < -0.39 is 0 Å². The molecule has 0 saturated carbocycles. The van der Waals surface area contributed by atoms with Gasteiger partial charge in [0, 0.05) is 11.1 Å². The molecular formula is C23H18O. The first-order chi connectivity index (χ1) is 11.8. The molecule has 24 heavy (non-hydrogen) atoms. The summed E-state index contributed by atoms with van der Waals surface area (Å²) >= 11 is 0. The van der Waals surface area contributed by atoms with Crippen molar-refractivity contribution in [3.63, 3.8) is 0 Å². The highest BCUT2D eigenvalue weighted by Crippen LogP contribution is 2.27. The second-order valence-electron chi connectivity index (χ2n) is 6.14. The lowest BCUT2D eigenvalue weighted by atomic mass is 9.86. The number of hydrogen-bond acceptors (Lipinski definition) is 1. The Morgan fingerprint density at radius 1 is 0.667 bits per heavy atom. The van der Waals surface area contributed by atoms with Gasteiger partial charge in [0.2, 0.25) is 0 Å². The molecule has 4 rings (SSSR count). The van der Waals surface area contributed by atoms with Crippen LogP contribution < -0.4 is 0 Å². The average Bonchev–Trinajstić information content (AvgIpc) is 2.66. The quantitative estimate of drug-likeness (QED) is 0.566. The van der Waals surface area contributed by atoms with Gasteiger partial charge in [0.25, 0.3) is 0 Å². The summed E-state index contributed by atoms with van der Waals surface area (Å²) in [7, 11) is 0. The van der Waals surface area contributed by atoms with Crippen molar-refractivity contribution < 1.29 is 4.79 Å². The van der Waals surface area contributed by atoms with Crippen LogP contribution in [0, 0.1) is 0 Å². The lowest BCUT2D eigenvalue weighted by Gasteiger charge is -2.17. The number of ketones is 1. The van der Waals surface area contributed by atoms with Gasteiger partial charge in [-0.05, 0) is 41.2 Å². The molecule has 1 nitrogen and oxygen atoms in total. The van der Waals surface area contributed by atoms with Crippen LogP contribution in [0.25, 0.3) is 17.2 Å². The van der Waals surface area contributed by atoms with Crippen LogP contribution in [-0.2, 0) is 6.42 Å². The second-order valence-corrected chi connectivity index (χ2v) is 6.14. The highest BCUT2D eigenvalue weighted by molar-refractivity contribution is 6.13. The van der Waals surface area contributed by atoms with E-state index >= 15 is 0 Å². The number of benzene rings is 3. The number of aryl methyl sites for hydroxylation is 1. The van der Waals surface area contributed by atoms with Crippen LogP contribution in [0.2, 0.25) is 0 Å². The van der Waals surface area contributed by atoms with Crippen molar-refractivity contribution in [1.82, 2.24) is 0 Å². The second kappa shape index (κ2) is 6.29. The van der Waals surface area contributed by atoms with Crippen molar-refractivity contribution >= 4 is 11.9 Å². The number of hydrogen-bond donors (Lipinski definition) is 0. The first kappa shape index (κ1) is 14.6. The summed E-state index contributed by atoms with van der Waals surface area (Å²) in [6, 6.07) is 26.7. The Balaban J connectivity index is 1.61. The molecule has 0 unspecified atom stereocenters. The highest BCUT2D eigenvalue weighted by atomic mass is 16.1. The largest absolute Gasteiger partial charge is 0.289 e. The maximum Gasteiger partial charge on any atom is 0.189 e. The molecule has 0 bridgehead atoms. The fourth-order valence-corrected chi connectivity index (χ4v) is 3.26. The summed E-state index contributed by atoms with van der Waals surface area (Å²) in [5, 5.41) is 0. The van der Waals surface area contributed by atoms with E-state index in [1.165, 1.54) is 16.7 Å². The van der Waals surface area contributed by atoms with Crippen LogP contribution in [0.4, 0.5) is 0 Å². The van der Waals surface area contributed by atoms with E-state index in [1.54, 1.807) is 0 Å². The van der Waals surface area contributed by atoms with Gasteiger partial charge >= 0.3 is 0 Å². The third-order valence-electron chi connectivity index (χ3n) is 4.58. The number of fused-ring (bicyclic) bond motifs is 1. The molecule has 0 heterocycles. The van der Waals surface area contributed by atoms with E-state index in [1.807, 2.05) is 42.5 Å². The minimum atomic E-state index is 0.170. The topological polar surface area (TPSA) is 17.1 Å². The van der Waals surface area contributed by atoms with E-state index in [0.29, 0.717) is 0 Å². The summed E-state index contributed by atoms with van der Waals surface area (Å²) in [6.45, 7) is 0. The SMILES string of the molecule is O=C1/C(=C\c2ccc(-c3ccccc3)cc2)CCc2ccccc21. The minimum absolute atomic E-state index is 0.170. The normalized spacial score (nSPS) is 15.3. The van der Waals surface area contributed by atoms with Crippen LogP contribution in [0.3, 0.4) is 0 Å². The van der Waals surface area contributed by atoms with Gasteiger partial charge in [-0.2, -0.15) is 0 Å². The Kier molecular flexibility index (Phi) is 3.84. The van der Waals surface area contributed by atoms with E-state index in [0.717, 1.165) is 29.5 Å². The summed E-state index contributed by atoms with van der Waals surface area (Å²) in [6.07, 6.45) is 3.79. The maximum absolute atomic E-state index is 12.6. The standard InChI is InChI=1S/C23H18O/c24-23-21(15-14-20-8-4-5-9-22(20)23)16-17-10-12-19(13-11-17)18-6-2-1-3-7-18/h1-13,16H,14-15H2/b21-16-. The van der Waals surface area contributed by atoms with Crippen LogP contribution >= 0.6 is 0 Å². The predicted molar refractivity (Wildman–Crippen MR) is 98.9 cm³/mol. The predicted octanol–water partition coefficient (Wildman–Crippen LogP) is 5.57. The molecule has 1 aliphatic rings. The fourth-order valence-electron chi connectivity index (χ4n) is 3.26. The fraction of sp³-hybridized carbons (Fsp3) is 0.0870. The molecule has 1 heteroatoms. The molecule has 0 N–H and O–H groups in total. The summed E-state index contributed by atoms with van der Waals surface area (Å²) in [4.78, 5) is 12.6. The third-order valence-corrected chi connectivity index (χ3v) is 4.58. The first-order valence-electron chi connectivity index (χ1n) is 8.30. The van der Waals surface area contributed by atoms with Gasteiger partial charge in [-0.25, -0.2) is 0 Å². The monoisotopic (exact) mass is 310 g/mol. The zero-order valence-electron chi connectivity index (χ0n) is 13.4. The van der Waals surface area contributed by atoms with Gasteiger partial charge in [0.05, 0.1) is 0 Å². The molecule has 116 valence electrons. The number of carbonyl (C=O) groups excluding carboxylic acids is 1. The van der Waals surface area contributed by atoms with Crippen LogP contribution in [0.5, 0.6) is 0 Å². The van der Waals surface area contributed by atoms with Crippen molar-refractivity contribution in [3.8, 4) is 11.1 Å². The smallest absolute Gasteiger partial charge is 0.189 e. The van der Waals surface area contributed by atoms with Gasteiger partial charge in [-0.15, -0.1) is 0 Å². The minimum Gasteiger partial charge on any atom is -0.289 e. The van der Waals surface area contributed by atoms with Gasteiger partial charge in [-0.1, -0.05) is 78.9 Å². The summed E-state index contributed by atoms with van der Waals surface area (Å²) in [5.41, 5.74) is 6.41. The Bertz CT molecular complexity index is 902. The first-order valence-corrected chi connectivity index (χ1v) is 8.30. The molecule has 1 aliphatic carbocycles. The molecule has 0 aromatic heterocycles. The Morgan fingerprint density at radius 2 is 1.33 bits per heavy atom. The van der Waals surface area contributed by atoms with E-state index in [9.17, 15) is 4.79 Å². The zero-order chi connectivity index (χ0) is 16.4. The Labute approximate surface area is 142 Å². The van der Waals surface area contributed by atoms with E-state index in [-0.39, 0.29) is 5.78 Å². The van der Waals surface area contributed by atoms with Gasteiger partial charge < -0.3 is 0 Å². The highest BCUT2D eigenvalue weighted by Gasteiger charge is 2.20. The van der Waals surface area contributed by atoms with Crippen molar-refractivity contribution in [1.29, 1.82) is 0 Å². The van der Waals surface area contributed by atoms with Gasteiger partial charge in [-0.3, -0.25) is 4.79 Å². The molecule has 0 fully saturated rings.